The van der Waals surface area contributed by atoms with Crippen LogP contribution in [0.25, 0.3) is 0 Å². The number of ether oxygens (including phenoxy) is 3. The third-order valence-corrected chi connectivity index (χ3v) is 8.48. The normalized spacial score (nSPS) is 26.9. The number of likely N-dealkylation sites (N-methyl/N-ethyl adjacent to an activating group) is 1. The van der Waals surface area contributed by atoms with E-state index >= 15 is 0 Å². The Hall–Kier alpha value is -1.67. The van der Waals surface area contributed by atoms with Gasteiger partial charge >= 0.3 is 11.9 Å². The zero-order valence-corrected chi connectivity index (χ0v) is 26.1. The van der Waals surface area contributed by atoms with Crippen molar-refractivity contribution in [2.75, 3.05) is 60.7 Å². The van der Waals surface area contributed by atoms with E-state index in [1.165, 1.54) is 6.92 Å². The van der Waals surface area contributed by atoms with Crippen molar-refractivity contribution in [2.24, 2.45) is 17.3 Å². The fourth-order valence-corrected chi connectivity index (χ4v) is 6.38. The highest BCUT2D eigenvalue weighted by Crippen LogP contribution is 2.45. The number of phosphoric ester groups is 1. The topological polar surface area (TPSA) is 158 Å². The molecular weight excluding hydrogens is 615 g/mol. The van der Waals surface area contributed by atoms with Crippen LogP contribution < -0.4 is 4.89 Å². The van der Waals surface area contributed by atoms with E-state index in [9.17, 15) is 28.6 Å². The molecule has 15 heteroatoms. The van der Waals surface area contributed by atoms with Crippen LogP contribution in [0.2, 0.25) is 0 Å². The third-order valence-electron chi connectivity index (χ3n) is 6.88. The summed E-state index contributed by atoms with van der Waals surface area (Å²) in [4.78, 5) is 63.8. The molecule has 0 spiro atoms. The van der Waals surface area contributed by atoms with Crippen LogP contribution in [0, 0.1) is 17.3 Å². The first-order valence-electron chi connectivity index (χ1n) is 13.0. The minimum atomic E-state index is -4.54. The van der Waals surface area contributed by atoms with E-state index in [2.05, 4.69) is 15.9 Å². The second-order valence-corrected chi connectivity index (χ2v) is 15.1. The van der Waals surface area contributed by atoms with Crippen LogP contribution in [0.4, 0.5) is 0 Å². The SMILES string of the molecule is CC(C)(CC(C)(Br)C(=O)OCCOP(=O)([O-])OCC[N+](C)(C)C)C(=O)OCCN1C(=O)C2C3C=CC(O3)C2C1=O. The summed E-state index contributed by atoms with van der Waals surface area (Å²) in [6, 6.07) is 0. The fourth-order valence-electron chi connectivity index (χ4n) is 4.88. The van der Waals surface area contributed by atoms with E-state index in [4.69, 9.17) is 23.3 Å². The lowest BCUT2D eigenvalue weighted by Crippen LogP contribution is -2.41. The quantitative estimate of drug-likeness (QED) is 0.0468. The van der Waals surface area contributed by atoms with Crippen molar-refractivity contribution < 1.29 is 56.4 Å². The number of nitrogens with zero attached hydrogens (tertiary/aromatic N) is 2. The van der Waals surface area contributed by atoms with Crippen molar-refractivity contribution in [3.63, 3.8) is 0 Å². The average Bonchev–Trinajstić information content (AvgIpc) is 3.49. The number of hydrogen-bond donors (Lipinski definition) is 0. The van der Waals surface area contributed by atoms with Crippen LogP contribution in [0.1, 0.15) is 27.2 Å². The highest BCUT2D eigenvalue weighted by Gasteiger charge is 2.60. The maximum atomic E-state index is 12.8. The molecule has 3 aliphatic rings. The van der Waals surface area contributed by atoms with E-state index in [1.54, 1.807) is 26.0 Å². The number of likely N-dealkylation sites (tertiary alicyclic amines) is 1. The Morgan fingerprint density at radius 3 is 2.05 bits per heavy atom. The van der Waals surface area contributed by atoms with Crippen LogP contribution in [0.5, 0.6) is 0 Å². The molecule has 13 nitrogen and oxygen atoms in total. The number of rotatable bonds is 15. The molecule has 0 saturated carbocycles. The Balaban J connectivity index is 1.39. The highest BCUT2D eigenvalue weighted by atomic mass is 79.9. The van der Waals surface area contributed by atoms with Gasteiger partial charge in [0.1, 0.15) is 30.7 Å². The number of hydrogen-bond acceptors (Lipinski definition) is 11. The summed E-state index contributed by atoms with van der Waals surface area (Å²) in [5, 5.41) is 0. The van der Waals surface area contributed by atoms with Crippen LogP contribution in [0.15, 0.2) is 12.2 Å². The van der Waals surface area contributed by atoms with Gasteiger partial charge in [-0.15, -0.1) is 0 Å². The van der Waals surface area contributed by atoms with Gasteiger partial charge in [0.15, 0.2) is 0 Å². The largest absolute Gasteiger partial charge is 0.756 e. The highest BCUT2D eigenvalue weighted by molar-refractivity contribution is 9.10. The number of amides is 2. The van der Waals surface area contributed by atoms with Gasteiger partial charge in [-0.1, -0.05) is 28.1 Å². The molecule has 0 aliphatic carbocycles. The van der Waals surface area contributed by atoms with Crippen molar-refractivity contribution in [3.8, 4) is 0 Å². The van der Waals surface area contributed by atoms with Crippen LogP contribution in [-0.4, -0.2) is 110 Å². The third kappa shape index (κ3) is 7.99. The van der Waals surface area contributed by atoms with Gasteiger partial charge in [-0.3, -0.25) is 28.6 Å². The van der Waals surface area contributed by atoms with E-state index in [1.807, 2.05) is 21.1 Å². The summed E-state index contributed by atoms with van der Waals surface area (Å²) in [5.74, 6) is -3.06. The monoisotopic (exact) mass is 652 g/mol. The van der Waals surface area contributed by atoms with Crippen molar-refractivity contribution >= 4 is 47.5 Å². The van der Waals surface area contributed by atoms with Crippen molar-refractivity contribution in [1.29, 1.82) is 0 Å². The number of alkyl halides is 1. The van der Waals surface area contributed by atoms with Crippen molar-refractivity contribution in [3.05, 3.63) is 12.2 Å². The number of phosphoric acid groups is 1. The number of halogens is 1. The molecule has 6 unspecified atom stereocenters. The Bertz CT molecular complexity index is 1060. The van der Waals surface area contributed by atoms with Gasteiger partial charge in [0.2, 0.25) is 11.8 Å². The first kappa shape index (κ1) is 32.8. The molecule has 226 valence electrons. The summed E-state index contributed by atoms with van der Waals surface area (Å²) in [5.41, 5.74) is -1.15. The van der Waals surface area contributed by atoms with Crippen LogP contribution >= 0.6 is 23.8 Å². The van der Waals surface area contributed by atoms with Crippen LogP contribution in [0.3, 0.4) is 0 Å². The first-order chi connectivity index (χ1) is 18.3. The Morgan fingerprint density at radius 2 is 1.50 bits per heavy atom. The lowest BCUT2D eigenvalue weighted by atomic mass is 9.83. The smallest absolute Gasteiger partial charge is 0.322 e. The second kappa shape index (κ2) is 12.3. The molecule has 6 atom stereocenters. The molecule has 0 radical (unpaired) electrons. The Morgan fingerprint density at radius 1 is 0.975 bits per heavy atom. The zero-order chi connectivity index (χ0) is 30.1. The Kier molecular flexibility index (Phi) is 10.1. The molecule has 3 heterocycles. The summed E-state index contributed by atoms with van der Waals surface area (Å²) in [7, 11) is 1.12. The van der Waals surface area contributed by atoms with E-state index < -0.39 is 60.2 Å². The molecule has 40 heavy (non-hydrogen) atoms. The number of fused-ring (bicyclic) bond motifs is 5. The molecule has 3 aliphatic heterocycles. The van der Waals surface area contributed by atoms with Gasteiger partial charge in [0, 0.05) is 0 Å². The van der Waals surface area contributed by atoms with Crippen molar-refractivity contribution in [1.82, 2.24) is 4.90 Å². The summed E-state index contributed by atoms with van der Waals surface area (Å²) < 4.78 is 36.7. The summed E-state index contributed by atoms with van der Waals surface area (Å²) >= 11 is 3.30. The van der Waals surface area contributed by atoms with Gasteiger partial charge in [0.25, 0.3) is 7.82 Å². The molecule has 2 bridgehead atoms. The zero-order valence-electron chi connectivity index (χ0n) is 23.6. The number of quaternary nitrogens is 1. The first-order valence-corrected chi connectivity index (χ1v) is 15.2. The van der Waals surface area contributed by atoms with Gasteiger partial charge in [-0.2, -0.15) is 0 Å². The molecule has 0 aromatic rings. The number of carbonyl (C=O) groups is 4. The van der Waals surface area contributed by atoms with Gasteiger partial charge in [0.05, 0.1) is 63.8 Å². The fraction of sp³-hybridized carbons (Fsp3) is 0.760. The van der Waals surface area contributed by atoms with E-state index in [0.29, 0.717) is 11.0 Å². The maximum Gasteiger partial charge on any atom is 0.322 e. The molecule has 2 fully saturated rings. The number of carbonyl (C=O) groups excluding carboxylic acids is 4. The predicted molar refractivity (Wildman–Crippen MR) is 142 cm³/mol. The molecule has 0 aromatic heterocycles. The molecule has 2 amide bonds. The van der Waals surface area contributed by atoms with Gasteiger partial charge < -0.3 is 32.6 Å². The molecule has 2 saturated heterocycles. The summed E-state index contributed by atoms with van der Waals surface area (Å²) in [6.07, 6.45) is 2.78. The van der Waals surface area contributed by atoms with E-state index in [0.717, 1.165) is 4.90 Å². The predicted octanol–water partition coefficient (Wildman–Crippen LogP) is 0.789. The molecular formula is C25H38BrN2O11P. The number of esters is 2. The lowest BCUT2D eigenvalue weighted by molar-refractivity contribution is -0.870. The van der Waals surface area contributed by atoms with Crippen LogP contribution in [-0.2, 0) is 47.0 Å². The van der Waals surface area contributed by atoms with E-state index in [-0.39, 0.29) is 44.6 Å². The second-order valence-electron chi connectivity index (χ2n) is 12.0. The maximum absolute atomic E-state index is 12.8. The molecule has 0 N–H and O–H groups in total. The Labute approximate surface area is 242 Å². The number of imide groups is 1. The molecule has 3 rings (SSSR count). The summed E-state index contributed by atoms with van der Waals surface area (Å²) in [6.45, 7) is 4.07. The average molecular weight is 653 g/mol. The van der Waals surface area contributed by atoms with Crippen molar-refractivity contribution in [2.45, 2.75) is 43.7 Å². The minimum Gasteiger partial charge on any atom is -0.756 e. The standard InChI is InChI=1S/C25H38BrN2O11P/c1-24(2,15-25(3,26)23(32)36-13-14-38-40(33,34)37-12-10-28(4,5)6)22(31)35-11-9-27-20(29)18-16-7-8-17(39-16)19(18)21(27)30/h7-8,16-19H,9-15H2,1-6H3. The van der Waals surface area contributed by atoms with Gasteiger partial charge in [-0.05, 0) is 27.2 Å². The lowest BCUT2D eigenvalue weighted by Gasteiger charge is -2.30. The molecule has 0 aromatic carbocycles. The minimum absolute atomic E-state index is 0.0230. The van der Waals surface area contributed by atoms with Gasteiger partial charge in [-0.25, -0.2) is 0 Å².